The lowest BCUT2D eigenvalue weighted by atomic mass is 10.1. The highest BCUT2D eigenvalue weighted by molar-refractivity contribution is 7.99. The molecule has 0 heterocycles. The van der Waals surface area contributed by atoms with E-state index in [1.807, 2.05) is 64.1 Å². The Bertz CT molecular complexity index is 905. The molecule has 0 radical (unpaired) electrons. The second kappa shape index (κ2) is 13.1. The van der Waals surface area contributed by atoms with Gasteiger partial charge >= 0.3 is 0 Å². The Kier molecular flexibility index (Phi) is 10.9. The van der Waals surface area contributed by atoms with Crippen LogP contribution in [0.2, 0.25) is 10.0 Å². The van der Waals surface area contributed by atoms with E-state index in [4.69, 9.17) is 23.2 Å². The topological polar surface area (TPSA) is 49.4 Å². The number of benzene rings is 2. The maximum absolute atomic E-state index is 13.3. The lowest BCUT2D eigenvalue weighted by Crippen LogP contribution is -2.51. The third kappa shape index (κ3) is 8.02. The first kappa shape index (κ1) is 26.6. The van der Waals surface area contributed by atoms with Crippen LogP contribution in [0, 0.1) is 6.92 Å². The number of hydrogen-bond donors (Lipinski definition) is 1. The van der Waals surface area contributed by atoms with Crippen molar-refractivity contribution >= 4 is 46.8 Å². The molecule has 2 rings (SSSR count). The van der Waals surface area contributed by atoms with Gasteiger partial charge in [-0.15, -0.1) is 11.8 Å². The van der Waals surface area contributed by atoms with Gasteiger partial charge in [-0.25, -0.2) is 0 Å². The second-order valence-corrected chi connectivity index (χ2v) is 9.79. The van der Waals surface area contributed by atoms with Crippen LogP contribution in [0.15, 0.2) is 42.5 Å². The van der Waals surface area contributed by atoms with E-state index in [1.165, 1.54) is 11.8 Å². The molecule has 7 heteroatoms. The number of aryl methyl sites for hydroxylation is 1. The lowest BCUT2D eigenvalue weighted by molar-refractivity contribution is -0.139. The molecule has 0 aromatic heterocycles. The number of carbonyl (C=O) groups excluding carboxylic acids is 2. The summed E-state index contributed by atoms with van der Waals surface area (Å²) in [7, 11) is 0. The number of nitrogens with one attached hydrogen (secondary N) is 1. The summed E-state index contributed by atoms with van der Waals surface area (Å²) in [5.74, 6) is 0.759. The van der Waals surface area contributed by atoms with Crippen LogP contribution in [-0.2, 0) is 21.9 Å². The van der Waals surface area contributed by atoms with Crippen molar-refractivity contribution in [3.05, 3.63) is 69.2 Å². The highest BCUT2D eigenvalue weighted by Crippen LogP contribution is 2.25. The Labute approximate surface area is 206 Å². The molecule has 1 N–H and O–H groups in total. The van der Waals surface area contributed by atoms with Gasteiger partial charge < -0.3 is 10.2 Å². The van der Waals surface area contributed by atoms with Crippen LogP contribution < -0.4 is 5.32 Å². The van der Waals surface area contributed by atoms with Crippen LogP contribution in [0.4, 0.5) is 0 Å². The van der Waals surface area contributed by atoms with Gasteiger partial charge in [0.25, 0.3) is 0 Å². The molecule has 2 amide bonds. The van der Waals surface area contributed by atoms with Crippen molar-refractivity contribution in [2.45, 2.75) is 64.9 Å². The normalized spacial score (nSPS) is 12.8. The number of nitrogens with zero attached hydrogens (tertiary/aromatic N) is 1. The van der Waals surface area contributed by atoms with Crippen molar-refractivity contribution < 1.29 is 9.59 Å². The highest BCUT2D eigenvalue weighted by Gasteiger charge is 2.29. The van der Waals surface area contributed by atoms with Crippen molar-refractivity contribution in [2.75, 3.05) is 5.75 Å². The third-order valence-electron chi connectivity index (χ3n) is 5.34. The minimum atomic E-state index is -0.511. The van der Waals surface area contributed by atoms with Crippen molar-refractivity contribution in [2.24, 2.45) is 0 Å². The van der Waals surface area contributed by atoms with Gasteiger partial charge in [-0.3, -0.25) is 9.59 Å². The molecule has 0 bridgehead atoms. The minimum Gasteiger partial charge on any atom is -0.352 e. The largest absolute Gasteiger partial charge is 0.352 e. The SMILES string of the molecule is CC[C@H](C(=O)N[C@@H](C)CC)N(Cc1ccc(C)cc1)C(=O)CSCc1ccc(Cl)c(Cl)c1. The fourth-order valence-electron chi connectivity index (χ4n) is 3.22. The number of hydrogen-bond acceptors (Lipinski definition) is 3. The van der Waals surface area contributed by atoms with Gasteiger partial charge in [0, 0.05) is 18.3 Å². The van der Waals surface area contributed by atoms with Crippen molar-refractivity contribution in [3.63, 3.8) is 0 Å². The van der Waals surface area contributed by atoms with Crippen LogP contribution in [0.1, 0.15) is 50.3 Å². The predicted octanol–water partition coefficient (Wildman–Crippen LogP) is 6.26. The first-order chi connectivity index (χ1) is 15.2. The molecule has 32 heavy (non-hydrogen) atoms. The van der Waals surface area contributed by atoms with Crippen LogP contribution in [-0.4, -0.2) is 34.6 Å². The van der Waals surface area contributed by atoms with Gasteiger partial charge in [-0.05, 0) is 49.9 Å². The maximum atomic E-state index is 13.3. The summed E-state index contributed by atoms with van der Waals surface area (Å²) in [4.78, 5) is 27.9. The van der Waals surface area contributed by atoms with E-state index in [-0.39, 0.29) is 23.6 Å². The monoisotopic (exact) mass is 494 g/mol. The Morgan fingerprint density at radius 2 is 1.66 bits per heavy atom. The first-order valence-electron chi connectivity index (χ1n) is 10.9. The van der Waals surface area contributed by atoms with Crippen LogP contribution in [0.25, 0.3) is 0 Å². The summed E-state index contributed by atoms with van der Waals surface area (Å²) in [6, 6.07) is 13.1. The van der Waals surface area contributed by atoms with Gasteiger partial charge in [0.05, 0.1) is 15.8 Å². The molecular weight excluding hydrogens is 463 g/mol. The lowest BCUT2D eigenvalue weighted by Gasteiger charge is -2.31. The number of amides is 2. The zero-order valence-corrected chi connectivity index (χ0v) is 21.5. The van der Waals surface area contributed by atoms with E-state index >= 15 is 0 Å². The Hall–Kier alpha value is -1.69. The molecule has 2 aromatic carbocycles. The number of carbonyl (C=O) groups is 2. The molecule has 0 aliphatic rings. The summed E-state index contributed by atoms with van der Waals surface area (Å²) < 4.78 is 0. The van der Waals surface area contributed by atoms with E-state index in [0.29, 0.717) is 28.8 Å². The molecule has 2 aromatic rings. The molecule has 2 atom stereocenters. The molecule has 0 fully saturated rings. The predicted molar refractivity (Wildman–Crippen MR) is 136 cm³/mol. The Balaban J connectivity index is 2.13. The van der Waals surface area contributed by atoms with E-state index in [2.05, 4.69) is 5.32 Å². The molecule has 174 valence electrons. The molecule has 0 unspecified atom stereocenters. The summed E-state index contributed by atoms with van der Waals surface area (Å²) in [5, 5.41) is 4.05. The van der Waals surface area contributed by atoms with Crippen LogP contribution >= 0.6 is 35.0 Å². The third-order valence-corrected chi connectivity index (χ3v) is 7.07. The Morgan fingerprint density at radius 3 is 2.25 bits per heavy atom. The zero-order valence-electron chi connectivity index (χ0n) is 19.2. The van der Waals surface area contributed by atoms with E-state index < -0.39 is 6.04 Å². The van der Waals surface area contributed by atoms with Gasteiger partial charge in [0.1, 0.15) is 6.04 Å². The quantitative estimate of drug-likeness (QED) is 0.401. The number of thioether (sulfide) groups is 1. The number of halogens is 2. The first-order valence-corrected chi connectivity index (χ1v) is 12.8. The van der Waals surface area contributed by atoms with Crippen molar-refractivity contribution in [1.82, 2.24) is 10.2 Å². The van der Waals surface area contributed by atoms with Gasteiger partial charge in [-0.1, -0.05) is 72.9 Å². The van der Waals surface area contributed by atoms with Crippen LogP contribution in [0.3, 0.4) is 0 Å². The molecule has 0 spiro atoms. The van der Waals surface area contributed by atoms with E-state index in [9.17, 15) is 9.59 Å². The molecule has 0 aliphatic carbocycles. The molecule has 0 aliphatic heterocycles. The molecule has 4 nitrogen and oxygen atoms in total. The van der Waals surface area contributed by atoms with E-state index in [1.54, 1.807) is 11.0 Å². The van der Waals surface area contributed by atoms with Gasteiger partial charge in [0.15, 0.2) is 0 Å². The minimum absolute atomic E-state index is 0.0539. The summed E-state index contributed by atoms with van der Waals surface area (Å²) in [6.45, 7) is 8.38. The second-order valence-electron chi connectivity index (χ2n) is 7.99. The van der Waals surface area contributed by atoms with Crippen molar-refractivity contribution in [3.8, 4) is 0 Å². The molecular formula is C25H32Cl2N2O2S. The zero-order chi connectivity index (χ0) is 23.7. The van der Waals surface area contributed by atoms with Gasteiger partial charge in [-0.2, -0.15) is 0 Å². The fraction of sp³-hybridized carbons (Fsp3) is 0.440. The van der Waals surface area contributed by atoms with Gasteiger partial charge in [0.2, 0.25) is 11.8 Å². The van der Waals surface area contributed by atoms with Crippen molar-refractivity contribution in [1.29, 1.82) is 0 Å². The fourth-order valence-corrected chi connectivity index (χ4v) is 4.40. The molecule has 0 saturated heterocycles. The number of rotatable bonds is 11. The maximum Gasteiger partial charge on any atom is 0.243 e. The van der Waals surface area contributed by atoms with Crippen LogP contribution in [0.5, 0.6) is 0 Å². The Morgan fingerprint density at radius 1 is 1.00 bits per heavy atom. The average Bonchev–Trinajstić information content (AvgIpc) is 2.77. The summed E-state index contributed by atoms with van der Waals surface area (Å²) in [5.41, 5.74) is 3.17. The molecule has 0 saturated carbocycles. The average molecular weight is 496 g/mol. The highest BCUT2D eigenvalue weighted by atomic mass is 35.5. The standard InChI is InChI=1S/C25H32Cl2N2O2S/c1-5-18(4)28-25(31)23(6-2)29(14-19-9-7-17(3)8-10-19)24(30)16-32-15-20-11-12-21(26)22(27)13-20/h7-13,18,23H,5-6,14-16H2,1-4H3,(H,28,31)/t18-,23+/m0/s1. The summed E-state index contributed by atoms with van der Waals surface area (Å²) >= 11 is 13.6. The summed E-state index contributed by atoms with van der Waals surface area (Å²) in [6.07, 6.45) is 1.39. The van der Waals surface area contributed by atoms with E-state index in [0.717, 1.165) is 23.1 Å². The smallest absolute Gasteiger partial charge is 0.243 e.